The molecule has 1 aliphatic heterocycles. The zero-order chi connectivity index (χ0) is 25.8. The zero-order valence-electron chi connectivity index (χ0n) is 22.0. The Hall–Kier alpha value is -2.90. The van der Waals surface area contributed by atoms with E-state index >= 15 is 0 Å². The third kappa shape index (κ3) is 7.55. The van der Waals surface area contributed by atoms with Gasteiger partial charge >= 0.3 is 0 Å². The Morgan fingerprint density at radius 3 is 2.50 bits per heavy atom. The average Bonchev–Trinajstić information content (AvgIpc) is 2.92. The first-order chi connectivity index (χ1) is 17.7. The lowest BCUT2D eigenvalue weighted by molar-refractivity contribution is 0.0357. The first kappa shape index (κ1) is 27.7. The van der Waals surface area contributed by atoms with Gasteiger partial charge in [-0.05, 0) is 49.1 Å². The number of pyridine rings is 1. The highest BCUT2D eigenvalue weighted by molar-refractivity contribution is 5.88. The van der Waals surface area contributed by atoms with Crippen molar-refractivity contribution in [3.63, 3.8) is 0 Å². The largest absolute Gasteiger partial charge is 0.493 e. The summed E-state index contributed by atoms with van der Waals surface area (Å²) in [4.78, 5) is 6.84. The van der Waals surface area contributed by atoms with Gasteiger partial charge in [0.15, 0.2) is 23.1 Å². The molecule has 0 unspecified atom stereocenters. The van der Waals surface area contributed by atoms with E-state index in [1.807, 2.05) is 32.0 Å². The van der Waals surface area contributed by atoms with Crippen LogP contribution in [0.1, 0.15) is 45.6 Å². The van der Waals surface area contributed by atoms with Gasteiger partial charge in [-0.2, -0.15) is 0 Å². The molecule has 3 aromatic rings. The topological polar surface area (TPSA) is 53.1 Å². The predicted octanol–water partition coefficient (Wildman–Crippen LogP) is 6.64. The summed E-state index contributed by atoms with van der Waals surface area (Å²) in [6.07, 6.45) is 5.53. The molecule has 196 valence electrons. The summed E-state index contributed by atoms with van der Waals surface area (Å²) in [6, 6.07) is 10.6. The number of aromatic nitrogens is 1. The first-order valence-electron chi connectivity index (χ1n) is 13.0. The van der Waals surface area contributed by atoms with Crippen molar-refractivity contribution in [1.29, 1.82) is 0 Å². The monoisotopic (exact) mass is 498 g/mol. The highest BCUT2D eigenvalue weighted by Gasteiger charge is 2.15. The maximum atomic E-state index is 14.7. The number of benzene rings is 2. The van der Waals surface area contributed by atoms with E-state index < -0.39 is 0 Å². The summed E-state index contributed by atoms with van der Waals surface area (Å²) in [5.41, 5.74) is 1.67. The lowest BCUT2D eigenvalue weighted by Crippen LogP contribution is -2.37. The summed E-state index contributed by atoms with van der Waals surface area (Å²) < 4.78 is 37.6. The van der Waals surface area contributed by atoms with E-state index in [1.165, 1.54) is 0 Å². The van der Waals surface area contributed by atoms with Crippen molar-refractivity contribution in [2.45, 2.75) is 46.5 Å². The van der Waals surface area contributed by atoms with Gasteiger partial charge in [0.2, 0.25) is 0 Å². The van der Waals surface area contributed by atoms with E-state index in [9.17, 15) is 4.39 Å². The number of aryl methyl sites for hydroxylation is 1. The Kier molecular flexibility index (Phi) is 11.2. The molecule has 0 atom stereocenters. The predicted molar refractivity (Wildman–Crippen MR) is 142 cm³/mol. The molecule has 1 saturated heterocycles. The van der Waals surface area contributed by atoms with Crippen LogP contribution >= 0.6 is 0 Å². The minimum atomic E-state index is -0.370. The molecule has 0 N–H and O–H groups in total. The number of hydrogen-bond donors (Lipinski definition) is 0. The molecule has 0 saturated carbocycles. The first-order valence-corrected chi connectivity index (χ1v) is 13.0. The second-order valence-corrected chi connectivity index (χ2v) is 8.46. The van der Waals surface area contributed by atoms with Gasteiger partial charge in [0.1, 0.15) is 5.75 Å². The van der Waals surface area contributed by atoms with Gasteiger partial charge in [-0.1, -0.05) is 33.3 Å². The Morgan fingerprint density at radius 2 is 1.78 bits per heavy atom. The lowest BCUT2D eigenvalue weighted by atomic mass is 10.1. The van der Waals surface area contributed by atoms with E-state index in [0.29, 0.717) is 29.4 Å². The minimum Gasteiger partial charge on any atom is -0.493 e. The molecular formula is C29H39FN2O4. The van der Waals surface area contributed by atoms with Crippen molar-refractivity contribution >= 4 is 10.9 Å². The summed E-state index contributed by atoms with van der Waals surface area (Å²) in [5, 5.41) is 0.731. The molecule has 0 spiro atoms. The van der Waals surface area contributed by atoms with Crippen LogP contribution in [0.5, 0.6) is 23.0 Å². The molecule has 0 amide bonds. The standard InChI is InChI=1S/C27H33FN2O4.C2H6/c1-3-4-6-20-7-8-25(22(28)17-20)34-24-9-10-29-23-19-27(26(31-2)18-21(23)24)33-14-5-11-30-12-15-32-16-13-30;1-2/h7-10,17-19H,3-6,11-16H2,1-2H3;1-2H3. The minimum absolute atomic E-state index is 0.190. The van der Waals surface area contributed by atoms with Gasteiger partial charge in [0, 0.05) is 37.3 Å². The van der Waals surface area contributed by atoms with E-state index in [0.717, 1.165) is 69.5 Å². The number of fused-ring (bicyclic) bond motifs is 1. The summed E-state index contributed by atoms with van der Waals surface area (Å²) >= 11 is 0. The fourth-order valence-electron chi connectivity index (χ4n) is 4.07. The van der Waals surface area contributed by atoms with Crippen LogP contribution in [0.2, 0.25) is 0 Å². The van der Waals surface area contributed by atoms with E-state index in [1.54, 1.807) is 31.5 Å². The van der Waals surface area contributed by atoms with Crippen LogP contribution < -0.4 is 14.2 Å². The quantitative estimate of drug-likeness (QED) is 0.276. The smallest absolute Gasteiger partial charge is 0.165 e. The van der Waals surface area contributed by atoms with Crippen LogP contribution in [0, 0.1) is 5.82 Å². The number of halogens is 1. The van der Waals surface area contributed by atoms with Crippen molar-refractivity contribution in [1.82, 2.24) is 9.88 Å². The Balaban J connectivity index is 0.00000176. The van der Waals surface area contributed by atoms with Gasteiger partial charge in [-0.15, -0.1) is 0 Å². The van der Waals surface area contributed by atoms with E-state index in [-0.39, 0.29) is 11.6 Å². The van der Waals surface area contributed by atoms with Gasteiger partial charge in [-0.3, -0.25) is 9.88 Å². The maximum Gasteiger partial charge on any atom is 0.165 e. The molecule has 4 rings (SSSR count). The summed E-state index contributed by atoms with van der Waals surface area (Å²) in [7, 11) is 1.60. The van der Waals surface area contributed by atoms with E-state index in [4.69, 9.17) is 18.9 Å². The van der Waals surface area contributed by atoms with Gasteiger partial charge in [-0.25, -0.2) is 4.39 Å². The molecule has 0 aliphatic carbocycles. The maximum absolute atomic E-state index is 14.7. The van der Waals surface area contributed by atoms with Crippen LogP contribution in [0.25, 0.3) is 10.9 Å². The van der Waals surface area contributed by atoms with Crippen molar-refractivity contribution in [2.24, 2.45) is 0 Å². The fraction of sp³-hybridized carbons (Fsp3) is 0.483. The van der Waals surface area contributed by atoms with Crippen LogP contribution in [0.15, 0.2) is 42.6 Å². The molecule has 1 fully saturated rings. The Morgan fingerprint density at radius 1 is 0.972 bits per heavy atom. The summed E-state index contributed by atoms with van der Waals surface area (Å²) in [5.74, 6) is 1.56. The fourth-order valence-corrected chi connectivity index (χ4v) is 4.07. The average molecular weight is 499 g/mol. The summed E-state index contributed by atoms with van der Waals surface area (Å²) in [6.45, 7) is 11.2. The number of rotatable bonds is 11. The number of nitrogens with zero attached hydrogens (tertiary/aromatic N) is 2. The van der Waals surface area contributed by atoms with Gasteiger partial charge in [0.25, 0.3) is 0 Å². The Bertz CT molecular complexity index is 1090. The second kappa shape index (κ2) is 14.6. The van der Waals surface area contributed by atoms with Crippen LogP contribution in [0.3, 0.4) is 0 Å². The highest BCUT2D eigenvalue weighted by atomic mass is 19.1. The highest BCUT2D eigenvalue weighted by Crippen LogP contribution is 2.37. The number of ether oxygens (including phenoxy) is 4. The van der Waals surface area contributed by atoms with Crippen LogP contribution in [-0.4, -0.2) is 56.4 Å². The molecule has 1 aromatic heterocycles. The zero-order valence-corrected chi connectivity index (χ0v) is 22.0. The molecule has 7 heteroatoms. The molecular weight excluding hydrogens is 459 g/mol. The number of unbranched alkanes of at least 4 members (excludes halogenated alkanes) is 1. The number of methoxy groups -OCH3 is 1. The molecule has 6 nitrogen and oxygen atoms in total. The molecule has 2 heterocycles. The molecule has 2 aromatic carbocycles. The van der Waals surface area contributed by atoms with E-state index in [2.05, 4.69) is 16.8 Å². The van der Waals surface area contributed by atoms with Gasteiger partial charge in [0.05, 0.1) is 32.4 Å². The SMILES string of the molecule is CC.CCCCc1ccc(Oc2ccnc3cc(OCCCN4CCOCC4)c(OC)cc23)c(F)c1. The third-order valence-corrected chi connectivity index (χ3v) is 6.00. The van der Waals surface area contributed by atoms with Crippen molar-refractivity contribution in [3.05, 3.63) is 54.0 Å². The van der Waals surface area contributed by atoms with Crippen molar-refractivity contribution in [2.75, 3.05) is 46.6 Å². The number of morpholine rings is 1. The third-order valence-electron chi connectivity index (χ3n) is 6.00. The molecule has 36 heavy (non-hydrogen) atoms. The molecule has 1 aliphatic rings. The van der Waals surface area contributed by atoms with Crippen molar-refractivity contribution < 1.29 is 23.3 Å². The normalized spacial score (nSPS) is 13.7. The van der Waals surface area contributed by atoms with Crippen LogP contribution in [0.4, 0.5) is 4.39 Å². The molecule has 0 radical (unpaired) electrons. The van der Waals surface area contributed by atoms with Crippen LogP contribution in [-0.2, 0) is 11.2 Å². The lowest BCUT2D eigenvalue weighted by Gasteiger charge is -2.26. The second-order valence-electron chi connectivity index (χ2n) is 8.46. The molecule has 0 bridgehead atoms. The number of hydrogen-bond acceptors (Lipinski definition) is 6. The van der Waals surface area contributed by atoms with Crippen molar-refractivity contribution in [3.8, 4) is 23.0 Å². The van der Waals surface area contributed by atoms with Gasteiger partial charge < -0.3 is 18.9 Å². The Labute approximate surface area is 214 Å².